The Hall–Kier alpha value is -0.520. The lowest BCUT2D eigenvalue weighted by Gasteiger charge is -2.58. The summed E-state index contributed by atoms with van der Waals surface area (Å²) in [5.41, 5.74) is 4.31. The van der Waals surface area contributed by atoms with Crippen LogP contribution in [-0.4, -0.2) is 0 Å². The van der Waals surface area contributed by atoms with Crippen molar-refractivity contribution in [3.05, 3.63) is 23.3 Å². The fraction of sp³-hybridized carbons (Fsp3) is 0.600. The average molecular weight is 130 g/mol. The Labute approximate surface area is 60.6 Å². The van der Waals surface area contributed by atoms with Crippen LogP contribution in [0.5, 0.6) is 0 Å². The van der Waals surface area contributed by atoms with Gasteiger partial charge in [-0.05, 0) is 47.7 Å². The second-order valence-electron chi connectivity index (χ2n) is 4.31. The molecule has 0 aromatic heterocycles. The Kier molecular flexibility index (Phi) is 0.411. The number of hydrogen-bond acceptors (Lipinski definition) is 0. The van der Waals surface area contributed by atoms with Crippen molar-refractivity contribution in [2.24, 2.45) is 17.3 Å². The van der Waals surface area contributed by atoms with E-state index in [1.165, 1.54) is 19.3 Å². The van der Waals surface area contributed by atoms with Crippen LogP contribution >= 0.6 is 0 Å². The lowest BCUT2D eigenvalue weighted by molar-refractivity contribution is -0.0547. The number of allylic oxidation sites excluding steroid dienone is 4. The third kappa shape index (κ3) is 0.202. The van der Waals surface area contributed by atoms with E-state index in [1.807, 2.05) is 0 Å². The molecule has 0 aromatic carbocycles. The van der Waals surface area contributed by atoms with Gasteiger partial charge < -0.3 is 0 Å². The molecule has 3 unspecified atom stereocenters. The third-order valence-electron chi connectivity index (χ3n) is 4.36. The van der Waals surface area contributed by atoms with E-state index < -0.39 is 0 Å². The van der Waals surface area contributed by atoms with E-state index in [2.05, 4.69) is 12.2 Å². The van der Waals surface area contributed by atoms with Gasteiger partial charge in [-0.15, -0.1) is 0 Å². The Morgan fingerprint density at radius 1 is 1.40 bits per heavy atom. The highest BCUT2D eigenvalue weighted by atomic mass is 14.7. The predicted molar refractivity (Wildman–Crippen MR) is 39.4 cm³/mol. The van der Waals surface area contributed by atoms with E-state index in [1.54, 1.807) is 11.1 Å². The first-order valence-electron chi connectivity index (χ1n) is 4.34. The van der Waals surface area contributed by atoms with E-state index in [-0.39, 0.29) is 0 Å². The molecule has 2 fully saturated rings. The smallest absolute Gasteiger partial charge is 0.000406 e. The quantitative estimate of drug-likeness (QED) is 0.472. The third-order valence-corrected chi connectivity index (χ3v) is 4.36. The number of hydrogen-bond donors (Lipinski definition) is 0. The molecule has 2 bridgehead atoms. The van der Waals surface area contributed by atoms with Crippen molar-refractivity contribution in [1.29, 1.82) is 0 Å². The minimum absolute atomic E-state index is 0.786. The largest absolute Gasteiger partial charge is 0.0581 e. The highest BCUT2D eigenvalue weighted by molar-refractivity contribution is 5.61. The Bertz CT molecular complexity index is 295. The van der Waals surface area contributed by atoms with E-state index in [0.29, 0.717) is 0 Å². The summed E-state index contributed by atoms with van der Waals surface area (Å²) >= 11 is 0. The molecule has 4 aliphatic carbocycles. The Morgan fingerprint density at radius 2 is 2.40 bits per heavy atom. The van der Waals surface area contributed by atoms with Crippen molar-refractivity contribution in [2.45, 2.75) is 19.3 Å². The summed E-state index contributed by atoms with van der Waals surface area (Å²) in [5.74, 6) is 2.15. The Balaban J connectivity index is 1.99. The molecule has 0 aromatic rings. The molecule has 0 amide bonds. The van der Waals surface area contributed by atoms with Crippen LogP contribution in [-0.2, 0) is 0 Å². The van der Waals surface area contributed by atoms with Gasteiger partial charge in [-0.3, -0.25) is 0 Å². The van der Waals surface area contributed by atoms with Gasteiger partial charge >= 0.3 is 0 Å². The van der Waals surface area contributed by atoms with Gasteiger partial charge in [0.05, 0.1) is 0 Å². The molecule has 3 atom stereocenters. The summed E-state index contributed by atoms with van der Waals surface area (Å²) in [7, 11) is 0. The zero-order chi connectivity index (χ0) is 6.34. The highest BCUT2D eigenvalue weighted by Gasteiger charge is 2.68. The molecule has 0 nitrogen and oxygen atoms in total. The topological polar surface area (TPSA) is 0 Å². The van der Waals surface area contributed by atoms with Crippen LogP contribution in [0.2, 0.25) is 0 Å². The minimum Gasteiger partial charge on any atom is -0.0581 e. The summed E-state index contributed by atoms with van der Waals surface area (Å²) < 4.78 is 0. The second-order valence-corrected chi connectivity index (χ2v) is 4.31. The van der Waals surface area contributed by atoms with Gasteiger partial charge in [0, 0.05) is 0 Å². The molecule has 0 aliphatic heterocycles. The minimum atomic E-state index is 0.786. The fourth-order valence-electron chi connectivity index (χ4n) is 3.68. The number of rotatable bonds is 0. The van der Waals surface area contributed by atoms with E-state index in [0.717, 1.165) is 17.3 Å². The summed E-state index contributed by atoms with van der Waals surface area (Å²) in [6.07, 6.45) is 9.29. The molecular weight excluding hydrogens is 120 g/mol. The van der Waals surface area contributed by atoms with Crippen molar-refractivity contribution in [2.75, 3.05) is 0 Å². The van der Waals surface area contributed by atoms with Gasteiger partial charge in [-0.2, -0.15) is 0 Å². The maximum atomic E-state index is 2.37. The number of fused-ring (bicyclic) bond motifs is 1. The zero-order valence-electron chi connectivity index (χ0n) is 5.93. The monoisotopic (exact) mass is 130 g/mol. The summed E-state index contributed by atoms with van der Waals surface area (Å²) in [6.45, 7) is 0. The van der Waals surface area contributed by atoms with Crippen LogP contribution < -0.4 is 0 Å². The van der Waals surface area contributed by atoms with Crippen LogP contribution in [0.15, 0.2) is 23.3 Å². The second kappa shape index (κ2) is 0.939. The maximum absolute atomic E-state index is 2.37. The van der Waals surface area contributed by atoms with Gasteiger partial charge in [-0.25, -0.2) is 0 Å². The van der Waals surface area contributed by atoms with E-state index in [4.69, 9.17) is 0 Å². The molecule has 0 heterocycles. The first kappa shape index (κ1) is 4.38. The van der Waals surface area contributed by atoms with Crippen LogP contribution in [0, 0.1) is 17.3 Å². The maximum Gasteiger partial charge on any atom is -0.000406 e. The summed E-state index contributed by atoms with van der Waals surface area (Å²) in [6, 6.07) is 0. The molecule has 50 valence electrons. The van der Waals surface area contributed by atoms with Gasteiger partial charge in [-0.1, -0.05) is 12.2 Å². The van der Waals surface area contributed by atoms with E-state index >= 15 is 0 Å². The van der Waals surface area contributed by atoms with Crippen molar-refractivity contribution >= 4 is 0 Å². The average Bonchev–Trinajstić information content (AvgIpc) is 2.07. The van der Waals surface area contributed by atoms with Crippen LogP contribution in [0.4, 0.5) is 0 Å². The van der Waals surface area contributed by atoms with Crippen molar-refractivity contribution < 1.29 is 0 Å². The normalized spacial score (nSPS) is 58.4. The van der Waals surface area contributed by atoms with Gasteiger partial charge in [0.2, 0.25) is 0 Å². The SMILES string of the molecule is C1=CC2=C1C1CC23CCC13. The van der Waals surface area contributed by atoms with Crippen molar-refractivity contribution in [1.82, 2.24) is 0 Å². The van der Waals surface area contributed by atoms with Crippen LogP contribution in [0.1, 0.15) is 19.3 Å². The van der Waals surface area contributed by atoms with Gasteiger partial charge in [0.15, 0.2) is 0 Å². The molecule has 4 aliphatic rings. The molecule has 0 N–H and O–H groups in total. The van der Waals surface area contributed by atoms with Crippen LogP contribution in [0.25, 0.3) is 0 Å². The fourth-order valence-corrected chi connectivity index (χ4v) is 3.68. The lowest BCUT2D eigenvalue weighted by atomic mass is 9.46. The lowest BCUT2D eigenvalue weighted by Crippen LogP contribution is -2.50. The van der Waals surface area contributed by atoms with Gasteiger partial charge in [0.25, 0.3) is 0 Å². The standard InChI is InChI=1S/C10H10/c1-2-8-6(1)7-5-10(8)4-3-9(7)10/h1-2,7,9H,3-5H2. The molecule has 4 rings (SSSR count). The molecule has 2 saturated carbocycles. The molecule has 0 spiro atoms. The molecule has 0 heteroatoms. The first-order chi connectivity index (χ1) is 4.92. The Morgan fingerprint density at radius 3 is 2.70 bits per heavy atom. The van der Waals surface area contributed by atoms with E-state index in [9.17, 15) is 0 Å². The van der Waals surface area contributed by atoms with Crippen molar-refractivity contribution in [3.8, 4) is 0 Å². The van der Waals surface area contributed by atoms with Crippen molar-refractivity contribution in [3.63, 3.8) is 0 Å². The molecule has 10 heavy (non-hydrogen) atoms. The first-order valence-corrected chi connectivity index (χ1v) is 4.34. The summed E-state index contributed by atoms with van der Waals surface area (Å²) in [4.78, 5) is 0. The highest BCUT2D eigenvalue weighted by Crippen LogP contribution is 2.77. The molecule has 0 radical (unpaired) electrons. The molecular formula is C10H10. The zero-order valence-corrected chi connectivity index (χ0v) is 5.93. The summed E-state index contributed by atoms with van der Waals surface area (Å²) in [5, 5.41) is 0. The molecule has 0 saturated heterocycles. The predicted octanol–water partition coefficient (Wildman–Crippen LogP) is 2.28. The van der Waals surface area contributed by atoms with Crippen LogP contribution in [0.3, 0.4) is 0 Å². The van der Waals surface area contributed by atoms with Gasteiger partial charge in [0.1, 0.15) is 0 Å².